The van der Waals surface area contributed by atoms with Crippen LogP contribution in [-0.2, 0) is 9.31 Å². The van der Waals surface area contributed by atoms with Crippen LogP contribution in [0.4, 0.5) is 8.78 Å². The SMILES string of the molecule is CC1(C)[C@@H]2C[C@H]3OB([C@@H]4CCCN4C(=O)c4c(F)cccc4F)O[C@@]3(C)[C@H]1C2. The molecule has 1 aromatic rings. The summed E-state index contributed by atoms with van der Waals surface area (Å²) in [7, 11) is -0.536. The van der Waals surface area contributed by atoms with Gasteiger partial charge in [0.2, 0.25) is 0 Å². The van der Waals surface area contributed by atoms with E-state index in [1.54, 1.807) is 4.90 Å². The van der Waals surface area contributed by atoms with Crippen LogP contribution in [0.5, 0.6) is 0 Å². The van der Waals surface area contributed by atoms with Gasteiger partial charge in [-0.2, -0.15) is 0 Å². The van der Waals surface area contributed by atoms with Gasteiger partial charge in [0.1, 0.15) is 17.2 Å². The molecule has 5 fully saturated rings. The number of benzene rings is 1. The molecule has 0 unspecified atom stereocenters. The Morgan fingerprint density at radius 2 is 1.93 bits per heavy atom. The van der Waals surface area contributed by atoms with Crippen molar-refractivity contribution in [3.63, 3.8) is 0 Å². The molecule has 1 aromatic carbocycles. The van der Waals surface area contributed by atoms with E-state index in [2.05, 4.69) is 20.8 Å². The molecule has 7 heteroatoms. The molecule has 2 heterocycles. The number of hydrogen-bond acceptors (Lipinski definition) is 3. The van der Waals surface area contributed by atoms with Gasteiger partial charge in [-0.3, -0.25) is 4.79 Å². The van der Waals surface area contributed by atoms with Crippen molar-refractivity contribution in [2.24, 2.45) is 17.3 Å². The Morgan fingerprint density at radius 3 is 2.61 bits per heavy atom. The van der Waals surface area contributed by atoms with Crippen LogP contribution < -0.4 is 0 Å². The summed E-state index contributed by atoms with van der Waals surface area (Å²) in [5.41, 5.74) is -0.603. The van der Waals surface area contributed by atoms with E-state index in [4.69, 9.17) is 9.31 Å². The Morgan fingerprint density at radius 1 is 1.21 bits per heavy atom. The van der Waals surface area contributed by atoms with E-state index in [0.717, 1.165) is 31.4 Å². The molecule has 150 valence electrons. The Labute approximate surface area is 164 Å². The highest BCUT2D eigenvalue weighted by molar-refractivity contribution is 6.48. The predicted octanol–water partition coefficient (Wildman–Crippen LogP) is 3.84. The van der Waals surface area contributed by atoms with Crippen molar-refractivity contribution in [1.82, 2.24) is 4.90 Å². The second-order valence-electron chi connectivity index (χ2n) is 9.64. The molecule has 0 N–H and O–H groups in total. The molecule has 1 amide bonds. The molecule has 5 aliphatic rings. The smallest absolute Gasteiger partial charge is 0.404 e. The Kier molecular flexibility index (Phi) is 3.99. The van der Waals surface area contributed by atoms with E-state index in [-0.39, 0.29) is 23.1 Å². The lowest BCUT2D eigenvalue weighted by atomic mass is 9.43. The van der Waals surface area contributed by atoms with Crippen molar-refractivity contribution in [1.29, 1.82) is 0 Å². The van der Waals surface area contributed by atoms with E-state index in [1.165, 1.54) is 6.07 Å². The van der Waals surface area contributed by atoms with Crippen LogP contribution in [0.15, 0.2) is 18.2 Å². The molecular weight excluding hydrogens is 363 g/mol. The fraction of sp³-hybridized carbons (Fsp3) is 0.667. The van der Waals surface area contributed by atoms with Crippen LogP contribution >= 0.6 is 0 Å². The Balaban J connectivity index is 1.39. The molecule has 4 nitrogen and oxygen atoms in total. The lowest BCUT2D eigenvalue weighted by Gasteiger charge is -2.64. The van der Waals surface area contributed by atoms with Gasteiger partial charge in [0.25, 0.3) is 5.91 Å². The number of carbonyl (C=O) groups is 1. The zero-order valence-corrected chi connectivity index (χ0v) is 16.6. The van der Waals surface area contributed by atoms with Gasteiger partial charge in [0.05, 0.1) is 17.6 Å². The molecule has 2 aliphatic heterocycles. The van der Waals surface area contributed by atoms with Crippen LogP contribution in [-0.4, -0.2) is 42.1 Å². The van der Waals surface area contributed by atoms with Crippen molar-refractivity contribution < 1.29 is 22.9 Å². The van der Waals surface area contributed by atoms with Crippen molar-refractivity contribution in [3.05, 3.63) is 35.4 Å². The van der Waals surface area contributed by atoms with Gasteiger partial charge in [-0.1, -0.05) is 19.9 Å². The van der Waals surface area contributed by atoms with Crippen molar-refractivity contribution >= 4 is 13.0 Å². The Bertz CT molecular complexity index is 814. The molecule has 0 aromatic heterocycles. The molecular formula is C21H26BF2NO3. The van der Waals surface area contributed by atoms with Gasteiger partial charge in [-0.15, -0.1) is 0 Å². The van der Waals surface area contributed by atoms with Gasteiger partial charge in [-0.05, 0) is 62.0 Å². The number of amides is 1. The van der Waals surface area contributed by atoms with Crippen LogP contribution in [0.2, 0.25) is 0 Å². The normalized spacial score (nSPS) is 38.3. The van der Waals surface area contributed by atoms with Crippen molar-refractivity contribution in [3.8, 4) is 0 Å². The minimum atomic E-state index is -0.827. The van der Waals surface area contributed by atoms with Crippen LogP contribution in [0.1, 0.15) is 56.8 Å². The standard InChI is InChI=1S/C21H26BF2NO3/c1-20(2)12-10-15(20)21(3)16(11-12)27-22(28-21)17-8-5-9-25(17)19(26)18-13(23)6-4-7-14(18)24/h4,6-7,12,15-17H,5,8-11H2,1-3H3/t12-,15-,16+,17-,21-/m0/s1. The summed E-state index contributed by atoms with van der Waals surface area (Å²) in [6.45, 7) is 7.20. The lowest BCUT2D eigenvalue weighted by Crippen LogP contribution is -2.65. The van der Waals surface area contributed by atoms with Crippen LogP contribution in [0, 0.1) is 28.9 Å². The van der Waals surface area contributed by atoms with E-state index in [0.29, 0.717) is 24.8 Å². The number of likely N-dealkylation sites (tertiary alicyclic amines) is 1. The summed E-state index contributed by atoms with van der Waals surface area (Å²) < 4.78 is 41.1. The van der Waals surface area contributed by atoms with Gasteiger partial charge in [0.15, 0.2) is 0 Å². The van der Waals surface area contributed by atoms with Gasteiger partial charge < -0.3 is 14.2 Å². The molecule has 3 aliphatic carbocycles. The number of nitrogens with zero attached hydrogens (tertiary/aromatic N) is 1. The monoisotopic (exact) mass is 389 g/mol. The minimum absolute atomic E-state index is 0.0250. The number of hydrogen-bond donors (Lipinski definition) is 0. The highest BCUT2D eigenvalue weighted by Crippen LogP contribution is 2.65. The summed E-state index contributed by atoms with van der Waals surface area (Å²) in [4.78, 5) is 14.5. The fourth-order valence-electron chi connectivity index (χ4n) is 6.24. The first-order valence-electron chi connectivity index (χ1n) is 10.3. The molecule has 6 rings (SSSR count). The third-order valence-electron chi connectivity index (χ3n) is 8.02. The summed E-state index contributed by atoms with van der Waals surface area (Å²) in [5.74, 6) is -1.50. The first kappa shape index (κ1) is 18.6. The van der Waals surface area contributed by atoms with Crippen LogP contribution in [0.3, 0.4) is 0 Å². The third kappa shape index (κ3) is 2.38. The first-order valence-corrected chi connectivity index (χ1v) is 10.3. The van der Waals surface area contributed by atoms with Gasteiger partial charge in [0, 0.05) is 6.54 Å². The maximum absolute atomic E-state index is 14.2. The minimum Gasteiger partial charge on any atom is -0.404 e. The second kappa shape index (κ2) is 6.02. The number of halogens is 2. The van der Waals surface area contributed by atoms with Crippen LogP contribution in [0.25, 0.3) is 0 Å². The summed E-state index contributed by atoms with van der Waals surface area (Å²) >= 11 is 0. The fourth-order valence-corrected chi connectivity index (χ4v) is 6.24. The molecule has 3 saturated carbocycles. The number of rotatable bonds is 2. The molecule has 2 bridgehead atoms. The number of carbonyl (C=O) groups excluding carboxylic acids is 1. The van der Waals surface area contributed by atoms with E-state index in [1.807, 2.05) is 0 Å². The highest BCUT2D eigenvalue weighted by atomic mass is 19.1. The second-order valence-corrected chi connectivity index (χ2v) is 9.64. The van der Waals surface area contributed by atoms with E-state index >= 15 is 0 Å². The molecule has 0 spiro atoms. The summed E-state index contributed by atoms with van der Waals surface area (Å²) in [5, 5.41) is 0. The first-order chi connectivity index (χ1) is 13.2. The van der Waals surface area contributed by atoms with E-state index < -0.39 is 30.2 Å². The van der Waals surface area contributed by atoms with Crippen molar-refractivity contribution in [2.45, 2.75) is 64.1 Å². The zero-order valence-electron chi connectivity index (χ0n) is 16.6. The topological polar surface area (TPSA) is 38.8 Å². The summed E-state index contributed by atoms with van der Waals surface area (Å²) in [6, 6.07) is 3.51. The lowest BCUT2D eigenvalue weighted by molar-refractivity contribution is -0.199. The maximum Gasteiger partial charge on any atom is 0.481 e. The zero-order chi connectivity index (χ0) is 19.8. The highest BCUT2D eigenvalue weighted by Gasteiger charge is 2.69. The van der Waals surface area contributed by atoms with E-state index in [9.17, 15) is 13.6 Å². The van der Waals surface area contributed by atoms with Gasteiger partial charge >= 0.3 is 7.12 Å². The van der Waals surface area contributed by atoms with Crippen molar-refractivity contribution in [2.75, 3.05) is 6.54 Å². The molecule has 5 atom stereocenters. The molecule has 0 radical (unpaired) electrons. The summed E-state index contributed by atoms with van der Waals surface area (Å²) in [6.07, 6.45) is 3.64. The average molecular weight is 389 g/mol. The molecule has 2 saturated heterocycles. The predicted molar refractivity (Wildman–Crippen MR) is 101 cm³/mol. The maximum atomic E-state index is 14.2. The third-order valence-corrected chi connectivity index (χ3v) is 8.02. The quantitative estimate of drug-likeness (QED) is 0.722. The average Bonchev–Trinajstić information content (AvgIpc) is 3.24. The van der Waals surface area contributed by atoms with Gasteiger partial charge in [-0.25, -0.2) is 8.78 Å². The molecule has 28 heavy (non-hydrogen) atoms. The largest absolute Gasteiger partial charge is 0.481 e. The Hall–Kier alpha value is -1.47.